The van der Waals surface area contributed by atoms with E-state index in [0.29, 0.717) is 0 Å². The quantitative estimate of drug-likeness (QED) is 0.781. The van der Waals surface area contributed by atoms with Gasteiger partial charge in [-0.25, -0.2) is 0 Å². The second kappa shape index (κ2) is 4.51. The SMILES string of the molecule is CC#C[C@@]1(O)c2ccccc2C[C@@]1(C)c1ccccc1. The van der Waals surface area contributed by atoms with Gasteiger partial charge in [-0.15, -0.1) is 5.92 Å². The second-order valence-electron chi connectivity index (χ2n) is 5.62. The van der Waals surface area contributed by atoms with Crippen LogP contribution >= 0.6 is 0 Å². The van der Waals surface area contributed by atoms with E-state index in [9.17, 15) is 5.11 Å². The smallest absolute Gasteiger partial charge is 0.160 e. The molecule has 2 atom stereocenters. The van der Waals surface area contributed by atoms with E-state index in [1.165, 1.54) is 5.56 Å². The Labute approximate surface area is 120 Å². The van der Waals surface area contributed by atoms with Crippen molar-refractivity contribution >= 4 is 0 Å². The molecule has 1 aliphatic carbocycles. The van der Waals surface area contributed by atoms with Crippen LogP contribution < -0.4 is 0 Å². The van der Waals surface area contributed by atoms with Gasteiger partial charge in [0, 0.05) is 5.41 Å². The third-order valence-electron chi connectivity index (χ3n) is 4.47. The maximum absolute atomic E-state index is 11.3. The molecule has 1 heteroatoms. The molecule has 0 unspecified atom stereocenters. The number of rotatable bonds is 1. The van der Waals surface area contributed by atoms with E-state index in [2.05, 4.69) is 37.0 Å². The third-order valence-corrected chi connectivity index (χ3v) is 4.47. The Bertz CT molecular complexity index is 692. The Morgan fingerprint density at radius 3 is 2.35 bits per heavy atom. The van der Waals surface area contributed by atoms with Crippen LogP contribution in [0.5, 0.6) is 0 Å². The average Bonchev–Trinajstić information content (AvgIpc) is 2.70. The number of benzene rings is 2. The van der Waals surface area contributed by atoms with Crippen LogP contribution in [0.4, 0.5) is 0 Å². The first-order valence-electron chi connectivity index (χ1n) is 6.92. The average molecular weight is 262 g/mol. The van der Waals surface area contributed by atoms with Crippen LogP contribution in [0.25, 0.3) is 0 Å². The molecular weight excluding hydrogens is 244 g/mol. The van der Waals surface area contributed by atoms with Gasteiger partial charge in [0.15, 0.2) is 5.60 Å². The van der Waals surface area contributed by atoms with Crippen LogP contribution in [-0.2, 0) is 17.4 Å². The first-order valence-corrected chi connectivity index (χ1v) is 6.92. The monoisotopic (exact) mass is 262 g/mol. The minimum absolute atomic E-state index is 0.416. The van der Waals surface area contributed by atoms with Gasteiger partial charge in [-0.05, 0) is 30.0 Å². The summed E-state index contributed by atoms with van der Waals surface area (Å²) in [5.74, 6) is 5.99. The van der Waals surface area contributed by atoms with Crippen molar-refractivity contribution in [3.05, 3.63) is 71.3 Å². The topological polar surface area (TPSA) is 20.2 Å². The van der Waals surface area contributed by atoms with E-state index in [1.54, 1.807) is 6.92 Å². The molecule has 1 aliphatic rings. The molecule has 0 saturated heterocycles. The van der Waals surface area contributed by atoms with Crippen molar-refractivity contribution < 1.29 is 5.11 Å². The predicted octanol–water partition coefficient (Wildman–Crippen LogP) is 3.41. The van der Waals surface area contributed by atoms with Crippen LogP contribution in [0, 0.1) is 11.8 Å². The van der Waals surface area contributed by atoms with Gasteiger partial charge in [0.05, 0.1) is 0 Å². The molecule has 0 bridgehead atoms. The first-order chi connectivity index (χ1) is 9.62. The predicted molar refractivity (Wildman–Crippen MR) is 81.3 cm³/mol. The molecule has 2 aromatic carbocycles. The van der Waals surface area contributed by atoms with Crippen molar-refractivity contribution in [2.45, 2.75) is 31.3 Å². The Morgan fingerprint density at radius 2 is 1.65 bits per heavy atom. The summed E-state index contributed by atoms with van der Waals surface area (Å²) in [7, 11) is 0. The summed E-state index contributed by atoms with van der Waals surface area (Å²) in [4.78, 5) is 0. The molecular formula is C19H18O. The number of hydrogen-bond acceptors (Lipinski definition) is 1. The lowest BCUT2D eigenvalue weighted by atomic mass is 9.69. The molecule has 0 heterocycles. The minimum atomic E-state index is -1.13. The molecule has 0 radical (unpaired) electrons. The lowest BCUT2D eigenvalue weighted by Gasteiger charge is -2.37. The van der Waals surface area contributed by atoms with Crippen molar-refractivity contribution in [2.24, 2.45) is 0 Å². The zero-order chi connectivity index (χ0) is 14.2. The highest BCUT2D eigenvalue weighted by Gasteiger charge is 2.54. The number of fused-ring (bicyclic) bond motifs is 1. The van der Waals surface area contributed by atoms with Gasteiger partial charge in [-0.1, -0.05) is 67.4 Å². The summed E-state index contributed by atoms with van der Waals surface area (Å²) >= 11 is 0. The van der Waals surface area contributed by atoms with Gasteiger partial charge in [0.1, 0.15) is 0 Å². The summed E-state index contributed by atoms with van der Waals surface area (Å²) in [6, 6.07) is 18.3. The molecule has 0 fully saturated rings. The molecule has 0 amide bonds. The summed E-state index contributed by atoms with van der Waals surface area (Å²) in [6.45, 7) is 3.89. The molecule has 3 rings (SSSR count). The molecule has 0 aromatic heterocycles. The highest BCUT2D eigenvalue weighted by molar-refractivity contribution is 5.52. The van der Waals surface area contributed by atoms with Crippen LogP contribution in [-0.4, -0.2) is 5.11 Å². The zero-order valence-electron chi connectivity index (χ0n) is 11.9. The first kappa shape index (κ1) is 13.0. The Morgan fingerprint density at radius 1 is 1.00 bits per heavy atom. The highest BCUT2D eigenvalue weighted by atomic mass is 16.3. The summed E-state index contributed by atoms with van der Waals surface area (Å²) < 4.78 is 0. The van der Waals surface area contributed by atoms with Gasteiger partial charge in [0.2, 0.25) is 0 Å². The van der Waals surface area contributed by atoms with E-state index in [4.69, 9.17) is 0 Å². The molecule has 2 aromatic rings. The highest BCUT2D eigenvalue weighted by Crippen LogP contribution is 2.51. The number of hydrogen-bond donors (Lipinski definition) is 1. The fourth-order valence-corrected chi connectivity index (χ4v) is 3.34. The molecule has 100 valence electrons. The van der Waals surface area contributed by atoms with E-state index in [-0.39, 0.29) is 0 Å². The van der Waals surface area contributed by atoms with E-state index >= 15 is 0 Å². The van der Waals surface area contributed by atoms with Crippen molar-refractivity contribution in [2.75, 3.05) is 0 Å². The standard InChI is InChI=1S/C19H18O/c1-3-13-19(20)17-12-8-7-9-15(17)14-18(19,2)16-10-5-4-6-11-16/h4-12,20H,14H2,1-2H3/t18-,19+/m0/s1. The van der Waals surface area contributed by atoms with E-state index in [0.717, 1.165) is 17.5 Å². The van der Waals surface area contributed by atoms with Crippen LogP contribution in [0.3, 0.4) is 0 Å². The fraction of sp³-hybridized carbons (Fsp3) is 0.263. The second-order valence-corrected chi connectivity index (χ2v) is 5.62. The minimum Gasteiger partial charge on any atom is -0.372 e. The van der Waals surface area contributed by atoms with Crippen molar-refractivity contribution in [1.82, 2.24) is 0 Å². The van der Waals surface area contributed by atoms with Crippen LogP contribution in [0.1, 0.15) is 30.5 Å². The molecule has 0 aliphatic heterocycles. The van der Waals surface area contributed by atoms with Crippen molar-refractivity contribution in [1.29, 1.82) is 0 Å². The zero-order valence-corrected chi connectivity index (χ0v) is 11.9. The Balaban J connectivity index is 2.25. The molecule has 1 N–H and O–H groups in total. The third kappa shape index (κ3) is 1.62. The lowest BCUT2D eigenvalue weighted by Crippen LogP contribution is -2.43. The summed E-state index contributed by atoms with van der Waals surface area (Å²) in [5.41, 5.74) is 1.71. The molecule has 0 spiro atoms. The number of aliphatic hydroxyl groups is 1. The fourth-order valence-electron chi connectivity index (χ4n) is 3.34. The summed E-state index contributed by atoms with van der Waals surface area (Å²) in [6.07, 6.45) is 0.804. The Hall–Kier alpha value is -2.04. The molecule has 1 nitrogen and oxygen atoms in total. The van der Waals surface area contributed by atoms with E-state index in [1.807, 2.05) is 36.4 Å². The molecule has 0 saturated carbocycles. The van der Waals surface area contributed by atoms with Gasteiger partial charge in [-0.3, -0.25) is 0 Å². The lowest BCUT2D eigenvalue weighted by molar-refractivity contribution is 0.0317. The van der Waals surface area contributed by atoms with Crippen molar-refractivity contribution in [3.8, 4) is 11.8 Å². The van der Waals surface area contributed by atoms with Crippen LogP contribution in [0.2, 0.25) is 0 Å². The molecule has 20 heavy (non-hydrogen) atoms. The van der Waals surface area contributed by atoms with Gasteiger partial charge < -0.3 is 5.11 Å². The van der Waals surface area contributed by atoms with Gasteiger partial charge >= 0.3 is 0 Å². The summed E-state index contributed by atoms with van der Waals surface area (Å²) in [5, 5.41) is 11.3. The largest absolute Gasteiger partial charge is 0.372 e. The maximum atomic E-state index is 11.3. The maximum Gasteiger partial charge on any atom is 0.160 e. The van der Waals surface area contributed by atoms with Gasteiger partial charge in [-0.2, -0.15) is 0 Å². The van der Waals surface area contributed by atoms with Crippen LogP contribution in [0.15, 0.2) is 54.6 Å². The normalized spacial score (nSPS) is 27.6. The van der Waals surface area contributed by atoms with Gasteiger partial charge in [0.25, 0.3) is 0 Å². The van der Waals surface area contributed by atoms with E-state index < -0.39 is 11.0 Å². The van der Waals surface area contributed by atoms with Crippen molar-refractivity contribution in [3.63, 3.8) is 0 Å². The Kier molecular flexibility index (Phi) is 2.92.